The number of primary amides is 1. The van der Waals surface area contributed by atoms with Crippen molar-refractivity contribution >= 4 is 5.91 Å². The lowest BCUT2D eigenvalue weighted by atomic mass is 9.96. The zero-order valence-electron chi connectivity index (χ0n) is 10.2. The van der Waals surface area contributed by atoms with Crippen molar-refractivity contribution in [3.05, 3.63) is 0 Å². The van der Waals surface area contributed by atoms with Gasteiger partial charge in [0.2, 0.25) is 5.91 Å². The standard InChI is InChI=1S/C11H23N3O2/c1-9-8-14(6-7-16-9)5-3-4-11(2,13)10(12)15/h9H,3-8,13H2,1-2H3,(H2,12,15). The van der Waals surface area contributed by atoms with Gasteiger partial charge in [-0.15, -0.1) is 0 Å². The van der Waals surface area contributed by atoms with Gasteiger partial charge in [-0.2, -0.15) is 0 Å². The molecule has 16 heavy (non-hydrogen) atoms. The maximum atomic E-state index is 11.0. The van der Waals surface area contributed by atoms with Crippen molar-refractivity contribution < 1.29 is 9.53 Å². The zero-order valence-corrected chi connectivity index (χ0v) is 10.2. The van der Waals surface area contributed by atoms with Crippen LogP contribution in [0.25, 0.3) is 0 Å². The maximum Gasteiger partial charge on any atom is 0.237 e. The molecule has 0 saturated carbocycles. The molecule has 4 N–H and O–H groups in total. The molecule has 0 aromatic carbocycles. The SMILES string of the molecule is CC1CN(CCCC(C)(N)C(N)=O)CCO1. The number of carbonyl (C=O) groups is 1. The van der Waals surface area contributed by atoms with E-state index in [1.165, 1.54) is 0 Å². The first-order valence-electron chi connectivity index (χ1n) is 5.84. The van der Waals surface area contributed by atoms with Gasteiger partial charge in [0.1, 0.15) is 0 Å². The number of nitrogens with zero attached hydrogens (tertiary/aromatic N) is 1. The van der Waals surface area contributed by atoms with Gasteiger partial charge in [-0.3, -0.25) is 9.69 Å². The molecule has 1 amide bonds. The second-order valence-corrected chi connectivity index (χ2v) is 4.87. The van der Waals surface area contributed by atoms with Crippen LogP contribution in [-0.2, 0) is 9.53 Å². The van der Waals surface area contributed by atoms with Gasteiger partial charge in [-0.05, 0) is 33.2 Å². The van der Waals surface area contributed by atoms with Crippen LogP contribution >= 0.6 is 0 Å². The van der Waals surface area contributed by atoms with Gasteiger partial charge in [0, 0.05) is 13.1 Å². The van der Waals surface area contributed by atoms with Gasteiger partial charge >= 0.3 is 0 Å². The molecule has 5 heteroatoms. The first kappa shape index (κ1) is 13.4. The molecule has 0 aromatic heterocycles. The molecular formula is C11H23N3O2. The van der Waals surface area contributed by atoms with Crippen molar-refractivity contribution in [2.24, 2.45) is 11.5 Å². The minimum Gasteiger partial charge on any atom is -0.376 e. The molecule has 1 heterocycles. The molecule has 2 unspecified atom stereocenters. The topological polar surface area (TPSA) is 81.6 Å². The number of hydrogen-bond donors (Lipinski definition) is 2. The summed E-state index contributed by atoms with van der Waals surface area (Å²) in [6.07, 6.45) is 1.82. The van der Waals surface area contributed by atoms with Gasteiger partial charge in [-0.1, -0.05) is 0 Å². The van der Waals surface area contributed by atoms with Gasteiger partial charge in [-0.25, -0.2) is 0 Å². The number of carbonyl (C=O) groups excluding carboxylic acids is 1. The van der Waals surface area contributed by atoms with Gasteiger partial charge in [0.15, 0.2) is 0 Å². The lowest BCUT2D eigenvalue weighted by molar-refractivity contribution is -0.122. The highest BCUT2D eigenvalue weighted by molar-refractivity contribution is 5.83. The Morgan fingerprint density at radius 1 is 1.62 bits per heavy atom. The molecule has 0 bridgehead atoms. The smallest absolute Gasteiger partial charge is 0.237 e. The van der Waals surface area contributed by atoms with Crippen molar-refractivity contribution in [3.8, 4) is 0 Å². The normalized spacial score (nSPS) is 26.3. The third kappa shape index (κ3) is 4.08. The van der Waals surface area contributed by atoms with Crippen LogP contribution in [-0.4, -0.2) is 48.7 Å². The summed E-state index contributed by atoms with van der Waals surface area (Å²) >= 11 is 0. The Bertz CT molecular complexity index is 243. The summed E-state index contributed by atoms with van der Waals surface area (Å²) in [4.78, 5) is 13.4. The predicted molar refractivity (Wildman–Crippen MR) is 62.9 cm³/mol. The van der Waals surface area contributed by atoms with E-state index in [1.54, 1.807) is 6.92 Å². The van der Waals surface area contributed by atoms with E-state index in [9.17, 15) is 4.79 Å². The summed E-state index contributed by atoms with van der Waals surface area (Å²) in [7, 11) is 0. The molecule has 0 radical (unpaired) electrons. The van der Waals surface area contributed by atoms with E-state index in [0.717, 1.165) is 32.7 Å². The van der Waals surface area contributed by atoms with E-state index < -0.39 is 11.4 Å². The van der Waals surface area contributed by atoms with Gasteiger partial charge in [0.25, 0.3) is 0 Å². The minimum absolute atomic E-state index is 0.300. The summed E-state index contributed by atoms with van der Waals surface area (Å²) in [5.41, 5.74) is 10.1. The molecule has 94 valence electrons. The Hall–Kier alpha value is -0.650. The Morgan fingerprint density at radius 2 is 2.31 bits per heavy atom. The van der Waals surface area contributed by atoms with E-state index in [-0.39, 0.29) is 0 Å². The van der Waals surface area contributed by atoms with Gasteiger partial charge < -0.3 is 16.2 Å². The number of hydrogen-bond acceptors (Lipinski definition) is 4. The molecule has 1 aliphatic rings. The molecule has 1 saturated heterocycles. The highest BCUT2D eigenvalue weighted by atomic mass is 16.5. The van der Waals surface area contributed by atoms with Crippen molar-refractivity contribution in [1.29, 1.82) is 0 Å². The molecule has 1 aliphatic heterocycles. The van der Waals surface area contributed by atoms with E-state index in [1.807, 2.05) is 0 Å². The Morgan fingerprint density at radius 3 is 2.88 bits per heavy atom. The van der Waals surface area contributed by atoms with Gasteiger partial charge in [0.05, 0.1) is 18.2 Å². The van der Waals surface area contributed by atoms with Crippen LogP contribution in [0.4, 0.5) is 0 Å². The third-order valence-corrected chi connectivity index (χ3v) is 3.06. The van der Waals surface area contributed by atoms with Crippen LogP contribution in [0.5, 0.6) is 0 Å². The minimum atomic E-state index is -0.877. The van der Waals surface area contributed by atoms with Crippen molar-refractivity contribution in [3.63, 3.8) is 0 Å². The number of morpholine rings is 1. The van der Waals surface area contributed by atoms with Crippen molar-refractivity contribution in [1.82, 2.24) is 4.90 Å². The summed E-state index contributed by atoms with van der Waals surface area (Å²) in [6, 6.07) is 0. The lowest BCUT2D eigenvalue weighted by Gasteiger charge is -2.31. The highest BCUT2D eigenvalue weighted by Gasteiger charge is 2.25. The van der Waals surface area contributed by atoms with E-state index in [4.69, 9.17) is 16.2 Å². The fourth-order valence-electron chi connectivity index (χ4n) is 1.89. The lowest BCUT2D eigenvalue weighted by Crippen LogP contribution is -2.50. The fourth-order valence-corrected chi connectivity index (χ4v) is 1.89. The van der Waals surface area contributed by atoms with Crippen LogP contribution in [0.2, 0.25) is 0 Å². The average Bonchev–Trinajstić information content (AvgIpc) is 2.17. The molecule has 0 aliphatic carbocycles. The van der Waals surface area contributed by atoms with Crippen LogP contribution in [0.1, 0.15) is 26.7 Å². The quantitative estimate of drug-likeness (QED) is 0.677. The van der Waals surface area contributed by atoms with Crippen LogP contribution in [0, 0.1) is 0 Å². The Kier molecular flexibility index (Phi) is 4.70. The molecule has 1 fully saturated rings. The number of nitrogens with two attached hydrogens (primary N) is 2. The maximum absolute atomic E-state index is 11.0. The van der Waals surface area contributed by atoms with E-state index >= 15 is 0 Å². The number of ether oxygens (including phenoxy) is 1. The largest absolute Gasteiger partial charge is 0.376 e. The second-order valence-electron chi connectivity index (χ2n) is 4.87. The third-order valence-electron chi connectivity index (χ3n) is 3.06. The second kappa shape index (κ2) is 5.61. The first-order chi connectivity index (χ1) is 7.42. The van der Waals surface area contributed by atoms with E-state index in [2.05, 4.69) is 11.8 Å². The first-order valence-corrected chi connectivity index (χ1v) is 5.84. The molecule has 1 rings (SSSR count). The molecule has 2 atom stereocenters. The Balaban J connectivity index is 2.22. The summed E-state index contributed by atoms with van der Waals surface area (Å²) < 4.78 is 5.45. The molecule has 0 aromatic rings. The van der Waals surface area contributed by atoms with Crippen LogP contribution in [0.3, 0.4) is 0 Å². The highest BCUT2D eigenvalue weighted by Crippen LogP contribution is 2.11. The molecule has 5 nitrogen and oxygen atoms in total. The van der Waals surface area contributed by atoms with E-state index in [0.29, 0.717) is 12.5 Å². The summed E-state index contributed by atoms with van der Waals surface area (Å²) in [5, 5.41) is 0. The number of amides is 1. The van der Waals surface area contributed by atoms with Crippen LogP contribution in [0.15, 0.2) is 0 Å². The van der Waals surface area contributed by atoms with Crippen LogP contribution < -0.4 is 11.5 Å². The molecule has 0 spiro atoms. The Labute approximate surface area is 97.1 Å². The average molecular weight is 229 g/mol. The fraction of sp³-hybridized carbons (Fsp3) is 0.909. The molecular weight excluding hydrogens is 206 g/mol. The number of rotatable bonds is 5. The predicted octanol–water partition coefficient (Wildman–Crippen LogP) is -0.310. The monoisotopic (exact) mass is 229 g/mol. The van der Waals surface area contributed by atoms with Crippen molar-refractivity contribution in [2.45, 2.75) is 38.3 Å². The van der Waals surface area contributed by atoms with Crippen molar-refractivity contribution in [2.75, 3.05) is 26.2 Å². The summed E-state index contributed by atoms with van der Waals surface area (Å²) in [5.74, 6) is -0.428. The summed E-state index contributed by atoms with van der Waals surface area (Å²) in [6.45, 7) is 7.42. The zero-order chi connectivity index (χ0) is 12.2.